The second-order valence-electron chi connectivity index (χ2n) is 7.60. The van der Waals surface area contributed by atoms with Crippen LogP contribution in [0.3, 0.4) is 0 Å². The average molecular weight is 389 g/mol. The molecule has 4 nitrogen and oxygen atoms in total. The van der Waals surface area contributed by atoms with Crippen molar-refractivity contribution in [1.29, 1.82) is 0 Å². The highest BCUT2D eigenvalue weighted by molar-refractivity contribution is 7.17. The summed E-state index contributed by atoms with van der Waals surface area (Å²) in [6.45, 7) is 7.68. The lowest BCUT2D eigenvalue weighted by Crippen LogP contribution is -3.13. The largest absolute Gasteiger partial charge is 0.328 e. The lowest BCUT2D eigenvalue weighted by atomic mass is 9.92. The van der Waals surface area contributed by atoms with Crippen LogP contribution >= 0.6 is 22.9 Å². The van der Waals surface area contributed by atoms with Gasteiger partial charge in [-0.05, 0) is 12.5 Å². The number of likely N-dealkylation sites (tertiary alicyclic amines) is 1. The molecule has 0 aliphatic carbocycles. The molecule has 26 heavy (non-hydrogen) atoms. The van der Waals surface area contributed by atoms with Gasteiger partial charge in [0.25, 0.3) is 5.56 Å². The van der Waals surface area contributed by atoms with E-state index in [1.54, 1.807) is 0 Å². The Balaban J connectivity index is 1.68. The molecule has 2 atom stereocenters. The van der Waals surface area contributed by atoms with Crippen LogP contribution in [0.25, 0.3) is 21.3 Å². The van der Waals surface area contributed by atoms with Gasteiger partial charge >= 0.3 is 0 Å². The Hall–Kier alpha value is -1.69. The molecule has 0 saturated carbocycles. The van der Waals surface area contributed by atoms with Gasteiger partial charge in [-0.1, -0.05) is 43.6 Å². The van der Waals surface area contributed by atoms with Gasteiger partial charge in [-0.2, -0.15) is 0 Å². The molecule has 0 amide bonds. The molecule has 0 spiro atoms. The second-order valence-corrected chi connectivity index (χ2v) is 8.87. The predicted octanol–water partition coefficient (Wildman–Crippen LogP) is 3.37. The van der Waals surface area contributed by atoms with E-state index in [0.717, 1.165) is 53.3 Å². The molecule has 0 radical (unpaired) electrons. The third-order valence-electron chi connectivity index (χ3n) is 5.15. The highest BCUT2D eigenvalue weighted by Gasteiger charge is 2.26. The van der Waals surface area contributed by atoms with Crippen molar-refractivity contribution in [3.8, 4) is 11.1 Å². The number of aromatic nitrogens is 2. The first-order valence-electron chi connectivity index (χ1n) is 9.10. The van der Waals surface area contributed by atoms with Crippen LogP contribution in [0.5, 0.6) is 0 Å². The summed E-state index contributed by atoms with van der Waals surface area (Å²) in [5, 5.41) is 3.27. The number of nitrogens with one attached hydrogen (secondary N) is 2. The number of hydrogen-bond donors (Lipinski definition) is 2. The van der Waals surface area contributed by atoms with Gasteiger partial charge in [0.15, 0.2) is 5.82 Å². The SMILES string of the molecule is C[C@H]1C[C@H](C)C[NH+](Cc2nc3scc(-c4ccccc4Cl)c3c(=O)[nH]2)C1. The summed E-state index contributed by atoms with van der Waals surface area (Å²) in [7, 11) is 0. The van der Waals surface area contributed by atoms with Crippen LogP contribution in [0.15, 0.2) is 34.4 Å². The molecule has 3 heterocycles. The fraction of sp³-hybridized carbons (Fsp3) is 0.400. The molecule has 1 fully saturated rings. The Morgan fingerprint density at radius 3 is 2.69 bits per heavy atom. The van der Waals surface area contributed by atoms with Crippen molar-refractivity contribution >= 4 is 33.2 Å². The van der Waals surface area contributed by atoms with Crippen LogP contribution in [0.2, 0.25) is 5.02 Å². The van der Waals surface area contributed by atoms with Crippen LogP contribution in [0.4, 0.5) is 0 Å². The quantitative estimate of drug-likeness (QED) is 0.722. The lowest BCUT2D eigenvalue weighted by Gasteiger charge is -2.31. The van der Waals surface area contributed by atoms with Gasteiger partial charge in [0.2, 0.25) is 0 Å². The zero-order valence-corrected chi connectivity index (χ0v) is 16.6. The van der Waals surface area contributed by atoms with E-state index in [-0.39, 0.29) is 5.56 Å². The van der Waals surface area contributed by atoms with Crippen molar-refractivity contribution in [3.63, 3.8) is 0 Å². The molecule has 1 aliphatic heterocycles. The maximum absolute atomic E-state index is 12.8. The van der Waals surface area contributed by atoms with Gasteiger partial charge in [0.1, 0.15) is 11.4 Å². The molecule has 1 saturated heterocycles. The third-order valence-corrected chi connectivity index (χ3v) is 6.36. The lowest BCUT2D eigenvalue weighted by molar-refractivity contribution is -0.926. The summed E-state index contributed by atoms with van der Waals surface area (Å²) < 4.78 is 0. The maximum Gasteiger partial charge on any atom is 0.260 e. The Bertz CT molecular complexity index is 986. The van der Waals surface area contributed by atoms with E-state index in [9.17, 15) is 4.79 Å². The molecule has 2 N–H and O–H groups in total. The Morgan fingerprint density at radius 2 is 1.96 bits per heavy atom. The smallest absolute Gasteiger partial charge is 0.260 e. The number of piperidine rings is 1. The monoisotopic (exact) mass is 388 g/mol. The molecule has 2 aromatic heterocycles. The Labute approximate surface area is 161 Å². The van der Waals surface area contributed by atoms with E-state index < -0.39 is 0 Å². The molecule has 136 valence electrons. The summed E-state index contributed by atoms with van der Waals surface area (Å²) in [6, 6.07) is 7.61. The predicted molar refractivity (Wildman–Crippen MR) is 108 cm³/mol. The normalized spacial score (nSPS) is 23.4. The van der Waals surface area contributed by atoms with E-state index in [4.69, 9.17) is 16.6 Å². The molecule has 4 rings (SSSR count). The third kappa shape index (κ3) is 3.43. The number of thiophene rings is 1. The Morgan fingerprint density at radius 1 is 1.23 bits per heavy atom. The van der Waals surface area contributed by atoms with Gasteiger partial charge in [-0.25, -0.2) is 4.98 Å². The standard InChI is InChI=1S/C20H22ClN3OS/c1-12-7-13(2)9-24(8-12)10-17-22-19(25)18-15(11-26-20(18)23-17)14-5-3-4-6-16(14)21/h3-6,11-13H,7-10H2,1-2H3,(H,22,23,25)/p+1/t12-,13-/m0/s1. The van der Waals surface area contributed by atoms with Gasteiger partial charge in [-0.15, -0.1) is 11.3 Å². The average Bonchev–Trinajstić information content (AvgIpc) is 2.98. The van der Waals surface area contributed by atoms with Crippen LogP contribution in [0, 0.1) is 11.8 Å². The zero-order valence-electron chi connectivity index (χ0n) is 15.0. The van der Waals surface area contributed by atoms with Gasteiger partial charge in [-0.3, -0.25) is 4.79 Å². The summed E-state index contributed by atoms with van der Waals surface area (Å²) in [5.41, 5.74) is 1.67. The van der Waals surface area contributed by atoms with E-state index in [0.29, 0.717) is 10.4 Å². The van der Waals surface area contributed by atoms with Crippen molar-refractivity contribution in [2.75, 3.05) is 13.1 Å². The number of aromatic amines is 1. The summed E-state index contributed by atoms with van der Waals surface area (Å²) in [6.07, 6.45) is 1.29. The van der Waals surface area contributed by atoms with Crippen molar-refractivity contribution in [2.24, 2.45) is 11.8 Å². The van der Waals surface area contributed by atoms with E-state index in [1.165, 1.54) is 22.7 Å². The number of benzene rings is 1. The highest BCUT2D eigenvalue weighted by Crippen LogP contribution is 2.34. The van der Waals surface area contributed by atoms with E-state index >= 15 is 0 Å². The van der Waals surface area contributed by atoms with Gasteiger partial charge in [0, 0.05) is 33.4 Å². The van der Waals surface area contributed by atoms with Gasteiger partial charge in [0.05, 0.1) is 18.5 Å². The molecule has 1 aromatic carbocycles. The number of nitrogens with zero attached hydrogens (tertiary/aromatic N) is 1. The fourth-order valence-corrected chi connectivity index (χ4v) is 5.45. The molecular weight excluding hydrogens is 366 g/mol. The fourth-order valence-electron chi connectivity index (χ4n) is 4.26. The summed E-state index contributed by atoms with van der Waals surface area (Å²) >= 11 is 7.83. The van der Waals surface area contributed by atoms with Crippen LogP contribution in [0.1, 0.15) is 26.1 Å². The van der Waals surface area contributed by atoms with Gasteiger partial charge < -0.3 is 9.88 Å². The minimum atomic E-state index is -0.0707. The van der Waals surface area contributed by atoms with Crippen molar-refractivity contribution in [2.45, 2.75) is 26.8 Å². The zero-order chi connectivity index (χ0) is 18.3. The van der Waals surface area contributed by atoms with Crippen LogP contribution < -0.4 is 10.5 Å². The topological polar surface area (TPSA) is 50.2 Å². The maximum atomic E-state index is 12.8. The minimum absolute atomic E-state index is 0.0707. The number of quaternary nitrogens is 1. The molecule has 0 unspecified atom stereocenters. The van der Waals surface area contributed by atoms with E-state index in [2.05, 4.69) is 18.8 Å². The summed E-state index contributed by atoms with van der Waals surface area (Å²) in [5.74, 6) is 2.22. The first-order valence-corrected chi connectivity index (χ1v) is 10.4. The first-order chi connectivity index (χ1) is 12.5. The highest BCUT2D eigenvalue weighted by atomic mass is 35.5. The minimum Gasteiger partial charge on any atom is -0.328 e. The molecular formula is C20H23ClN3OS+. The first kappa shape index (κ1) is 17.7. The molecule has 3 aromatic rings. The second kappa shape index (κ2) is 7.14. The molecule has 6 heteroatoms. The van der Waals surface area contributed by atoms with Crippen LogP contribution in [-0.2, 0) is 6.54 Å². The molecule has 0 bridgehead atoms. The van der Waals surface area contributed by atoms with E-state index in [1.807, 2.05) is 29.6 Å². The number of halogens is 1. The number of H-pyrrole nitrogens is 1. The van der Waals surface area contributed by atoms with Crippen molar-refractivity contribution < 1.29 is 4.90 Å². The summed E-state index contributed by atoms with van der Waals surface area (Å²) in [4.78, 5) is 22.9. The van der Waals surface area contributed by atoms with Crippen molar-refractivity contribution in [3.05, 3.63) is 50.8 Å². The van der Waals surface area contributed by atoms with Crippen LogP contribution in [-0.4, -0.2) is 23.1 Å². The number of hydrogen-bond acceptors (Lipinski definition) is 3. The molecule has 1 aliphatic rings. The number of rotatable bonds is 3. The number of fused-ring (bicyclic) bond motifs is 1. The van der Waals surface area contributed by atoms with Crippen molar-refractivity contribution in [1.82, 2.24) is 9.97 Å². The Kier molecular flexibility index (Phi) is 4.86.